The quantitative estimate of drug-likeness (QED) is 0.160. The Hall–Kier alpha value is -7.11. The van der Waals surface area contributed by atoms with Crippen molar-refractivity contribution in [1.29, 1.82) is 0 Å². The van der Waals surface area contributed by atoms with Gasteiger partial charge in [0.1, 0.15) is 24.0 Å². The molecule has 0 N–H and O–H groups in total. The van der Waals surface area contributed by atoms with E-state index in [0.29, 0.717) is 6.67 Å². The van der Waals surface area contributed by atoms with Crippen molar-refractivity contribution < 1.29 is 4.74 Å². The van der Waals surface area contributed by atoms with Crippen molar-refractivity contribution in [3.05, 3.63) is 193 Å². The van der Waals surface area contributed by atoms with Crippen LogP contribution >= 0.6 is 0 Å². The van der Waals surface area contributed by atoms with Crippen LogP contribution in [0.15, 0.2) is 176 Å². The average Bonchev–Trinajstić information content (AvgIpc) is 3.84. The molecule has 7 aromatic carbocycles. The highest BCUT2D eigenvalue weighted by atomic mass is 16.5. The number of pyridine rings is 1. The Balaban J connectivity index is 1.03. The standard InChI is InChI=1S/C60H58N4O/c1-58(2,3)44-29-30-61-57(36-44)64-53-28-25-43(42-20-15-19-41(31-42)40-17-11-10-12-18-40)32-52(53)51-27-26-50(38-56(51)64)65-49-22-16-21-47(37-49)62-39-63(55-24-14-13-23-54(55)62)48-34-45(59(4,5)6)33-46(35-48)60(7,8)9/h10-38H,39H2,1-9H3. The van der Waals surface area contributed by atoms with Crippen molar-refractivity contribution in [1.82, 2.24) is 9.55 Å². The molecule has 9 aromatic rings. The summed E-state index contributed by atoms with van der Waals surface area (Å²) in [5, 5.41) is 2.31. The van der Waals surface area contributed by atoms with Crippen LogP contribution in [-0.2, 0) is 16.2 Å². The van der Waals surface area contributed by atoms with Crippen LogP contribution in [0.1, 0.15) is 79.0 Å². The summed E-state index contributed by atoms with van der Waals surface area (Å²) in [4.78, 5) is 9.83. The van der Waals surface area contributed by atoms with E-state index in [2.05, 4.69) is 247 Å². The highest BCUT2D eigenvalue weighted by molar-refractivity contribution is 6.10. The van der Waals surface area contributed by atoms with E-state index in [9.17, 15) is 0 Å². The number of rotatable bonds is 7. The zero-order valence-corrected chi connectivity index (χ0v) is 39.1. The lowest BCUT2D eigenvalue weighted by Crippen LogP contribution is -2.25. The van der Waals surface area contributed by atoms with Gasteiger partial charge in [-0.2, -0.15) is 0 Å². The summed E-state index contributed by atoms with van der Waals surface area (Å²) in [5.74, 6) is 2.42. The zero-order chi connectivity index (χ0) is 45.3. The third-order valence-corrected chi connectivity index (χ3v) is 13.0. The molecular formula is C60H58N4O. The van der Waals surface area contributed by atoms with E-state index in [-0.39, 0.29) is 16.2 Å². The molecular weight excluding hydrogens is 793 g/mol. The van der Waals surface area contributed by atoms with Gasteiger partial charge in [0.05, 0.1) is 22.4 Å². The first-order valence-corrected chi connectivity index (χ1v) is 22.9. The normalized spacial score (nSPS) is 13.2. The van der Waals surface area contributed by atoms with Crippen molar-refractivity contribution in [2.24, 2.45) is 0 Å². The second kappa shape index (κ2) is 15.8. The number of anilines is 4. The highest BCUT2D eigenvalue weighted by Crippen LogP contribution is 2.47. The number of fused-ring (bicyclic) bond motifs is 4. The first kappa shape index (κ1) is 41.9. The topological polar surface area (TPSA) is 33.5 Å². The largest absolute Gasteiger partial charge is 0.457 e. The first-order valence-electron chi connectivity index (χ1n) is 22.9. The van der Waals surface area contributed by atoms with Crippen molar-refractivity contribution in [2.75, 3.05) is 16.5 Å². The highest BCUT2D eigenvalue weighted by Gasteiger charge is 2.30. The summed E-state index contributed by atoms with van der Waals surface area (Å²) >= 11 is 0. The predicted octanol–water partition coefficient (Wildman–Crippen LogP) is 16.4. The van der Waals surface area contributed by atoms with Gasteiger partial charge in [0, 0.05) is 40.5 Å². The number of ether oxygens (including phenoxy) is 1. The molecule has 65 heavy (non-hydrogen) atoms. The minimum absolute atomic E-state index is 0.0171. The van der Waals surface area contributed by atoms with Crippen LogP contribution in [0.3, 0.4) is 0 Å². The van der Waals surface area contributed by atoms with E-state index in [1.807, 2.05) is 6.20 Å². The van der Waals surface area contributed by atoms with Gasteiger partial charge in [-0.05, 0) is 134 Å². The maximum Gasteiger partial charge on any atom is 0.137 e. The number of nitrogens with zero attached hydrogens (tertiary/aromatic N) is 4. The SMILES string of the molecule is CC(C)(C)c1cc(N2CN(c3cccc(Oc4ccc5c6cc(-c7cccc(-c8ccccc8)c7)ccc6n(-c6cc(C(C)(C)C)ccn6)c5c4)c3)c3ccccc32)cc(C(C)(C)C)c1. The molecule has 5 heteroatoms. The molecule has 0 saturated carbocycles. The molecule has 0 radical (unpaired) electrons. The monoisotopic (exact) mass is 850 g/mol. The van der Waals surface area contributed by atoms with Gasteiger partial charge < -0.3 is 14.5 Å². The molecule has 0 atom stereocenters. The molecule has 10 rings (SSSR count). The second-order valence-electron chi connectivity index (χ2n) is 20.7. The van der Waals surface area contributed by atoms with Crippen molar-refractivity contribution in [2.45, 2.75) is 78.6 Å². The van der Waals surface area contributed by atoms with Gasteiger partial charge in [-0.25, -0.2) is 4.98 Å². The molecule has 0 amide bonds. The van der Waals surface area contributed by atoms with Crippen molar-refractivity contribution in [3.63, 3.8) is 0 Å². The van der Waals surface area contributed by atoms with Crippen LogP contribution in [0.2, 0.25) is 0 Å². The van der Waals surface area contributed by atoms with E-state index >= 15 is 0 Å². The molecule has 3 heterocycles. The number of hydrogen-bond acceptors (Lipinski definition) is 4. The van der Waals surface area contributed by atoms with Gasteiger partial charge in [0.2, 0.25) is 0 Å². The van der Waals surface area contributed by atoms with Crippen LogP contribution in [0.4, 0.5) is 22.7 Å². The van der Waals surface area contributed by atoms with E-state index in [0.717, 1.165) is 39.4 Å². The second-order valence-corrected chi connectivity index (χ2v) is 20.7. The number of hydrogen-bond donors (Lipinski definition) is 0. The summed E-state index contributed by atoms with van der Waals surface area (Å²) < 4.78 is 9.13. The fourth-order valence-corrected chi connectivity index (χ4v) is 9.15. The molecule has 0 saturated heterocycles. The minimum Gasteiger partial charge on any atom is -0.457 e. The van der Waals surface area contributed by atoms with Crippen LogP contribution in [0, 0.1) is 0 Å². The van der Waals surface area contributed by atoms with Gasteiger partial charge >= 0.3 is 0 Å². The van der Waals surface area contributed by atoms with Gasteiger partial charge in [0.15, 0.2) is 0 Å². The Bertz CT molecular complexity index is 3200. The molecule has 1 aliphatic rings. The lowest BCUT2D eigenvalue weighted by molar-refractivity contribution is 0.483. The predicted molar refractivity (Wildman–Crippen MR) is 274 cm³/mol. The Kier molecular flexibility index (Phi) is 10.2. The molecule has 2 aromatic heterocycles. The summed E-state index contributed by atoms with van der Waals surface area (Å²) in [6.45, 7) is 21.2. The lowest BCUT2D eigenvalue weighted by Gasteiger charge is -2.29. The third kappa shape index (κ3) is 8.05. The number of benzene rings is 7. The van der Waals surface area contributed by atoms with Crippen LogP contribution in [-0.4, -0.2) is 16.2 Å². The molecule has 0 fully saturated rings. The van der Waals surface area contributed by atoms with Crippen LogP contribution < -0.4 is 14.5 Å². The first-order chi connectivity index (χ1) is 31.1. The maximum absolute atomic E-state index is 6.83. The molecule has 0 aliphatic carbocycles. The van der Waals surface area contributed by atoms with Gasteiger partial charge in [0.25, 0.3) is 0 Å². The molecule has 5 nitrogen and oxygen atoms in total. The van der Waals surface area contributed by atoms with Gasteiger partial charge in [-0.1, -0.05) is 141 Å². The Morgan fingerprint density at radius 1 is 0.415 bits per heavy atom. The van der Waals surface area contributed by atoms with E-state index in [1.54, 1.807) is 0 Å². The van der Waals surface area contributed by atoms with Crippen molar-refractivity contribution >= 4 is 44.6 Å². The molecule has 0 spiro atoms. The number of para-hydroxylation sites is 2. The van der Waals surface area contributed by atoms with Gasteiger partial charge in [-0.15, -0.1) is 0 Å². The molecule has 0 unspecified atom stereocenters. The van der Waals surface area contributed by atoms with Crippen molar-refractivity contribution in [3.8, 4) is 39.6 Å². The third-order valence-electron chi connectivity index (χ3n) is 13.0. The summed E-state index contributed by atoms with van der Waals surface area (Å²) in [6, 6.07) is 61.4. The summed E-state index contributed by atoms with van der Waals surface area (Å²) in [6.07, 6.45) is 1.94. The fourth-order valence-electron chi connectivity index (χ4n) is 9.15. The Labute approximate surface area is 384 Å². The smallest absolute Gasteiger partial charge is 0.137 e. The molecule has 324 valence electrons. The molecule has 0 bridgehead atoms. The maximum atomic E-state index is 6.83. The zero-order valence-electron chi connectivity index (χ0n) is 39.1. The average molecular weight is 851 g/mol. The Morgan fingerprint density at radius 3 is 1.71 bits per heavy atom. The Morgan fingerprint density at radius 2 is 1.02 bits per heavy atom. The van der Waals surface area contributed by atoms with Crippen LogP contribution in [0.25, 0.3) is 49.9 Å². The minimum atomic E-state index is -0.0363. The van der Waals surface area contributed by atoms with E-state index in [1.165, 1.54) is 61.4 Å². The summed E-state index contributed by atoms with van der Waals surface area (Å²) in [5.41, 5.74) is 15.5. The van der Waals surface area contributed by atoms with E-state index < -0.39 is 0 Å². The number of aromatic nitrogens is 2. The lowest BCUT2D eigenvalue weighted by atomic mass is 9.80. The van der Waals surface area contributed by atoms with E-state index in [4.69, 9.17) is 9.72 Å². The molecule has 1 aliphatic heterocycles. The summed E-state index contributed by atoms with van der Waals surface area (Å²) in [7, 11) is 0. The fraction of sp³-hybridized carbons (Fsp3) is 0.217. The van der Waals surface area contributed by atoms with Gasteiger partial charge in [-0.3, -0.25) is 4.57 Å². The van der Waals surface area contributed by atoms with Crippen LogP contribution in [0.5, 0.6) is 11.5 Å².